The number of benzene rings is 2. The fourth-order valence-corrected chi connectivity index (χ4v) is 4.15. The van der Waals surface area contributed by atoms with Crippen molar-refractivity contribution in [2.24, 2.45) is 0 Å². The summed E-state index contributed by atoms with van der Waals surface area (Å²) in [5, 5.41) is 9.57. The fraction of sp³-hybridized carbons (Fsp3) is 0.462. The van der Waals surface area contributed by atoms with Crippen LogP contribution < -0.4 is 9.47 Å². The van der Waals surface area contributed by atoms with Gasteiger partial charge in [-0.25, -0.2) is 0 Å². The van der Waals surface area contributed by atoms with Gasteiger partial charge in [0.1, 0.15) is 17.3 Å². The first kappa shape index (κ1) is 21.0. The van der Waals surface area contributed by atoms with Crippen LogP contribution in [0.2, 0.25) is 0 Å². The predicted octanol–water partition coefficient (Wildman–Crippen LogP) is 5.06. The van der Waals surface area contributed by atoms with Crippen molar-refractivity contribution in [3.63, 3.8) is 0 Å². The summed E-state index contributed by atoms with van der Waals surface area (Å²) in [6.45, 7) is 4.00. The van der Waals surface area contributed by atoms with E-state index in [4.69, 9.17) is 9.47 Å². The van der Waals surface area contributed by atoms with E-state index in [1.54, 1.807) is 0 Å². The first-order valence-corrected chi connectivity index (χ1v) is 11.4. The lowest BCUT2D eigenvalue weighted by atomic mass is 10.0. The third-order valence-electron chi connectivity index (χ3n) is 6.02. The highest BCUT2D eigenvalue weighted by atomic mass is 16.5. The summed E-state index contributed by atoms with van der Waals surface area (Å²) < 4.78 is 12.1. The highest BCUT2D eigenvalue weighted by Crippen LogP contribution is 2.33. The lowest BCUT2D eigenvalue weighted by Gasteiger charge is -2.29. The zero-order valence-electron chi connectivity index (χ0n) is 17.8. The van der Waals surface area contributed by atoms with Gasteiger partial charge in [0.15, 0.2) is 0 Å². The monoisotopic (exact) mass is 407 g/mol. The molecular formula is C26H33NO3. The number of aliphatic hydroxyl groups excluding tert-OH is 1. The van der Waals surface area contributed by atoms with Gasteiger partial charge in [0.2, 0.25) is 0 Å². The van der Waals surface area contributed by atoms with Crippen molar-refractivity contribution in [2.45, 2.75) is 51.0 Å². The van der Waals surface area contributed by atoms with Gasteiger partial charge < -0.3 is 19.5 Å². The van der Waals surface area contributed by atoms with Crippen LogP contribution in [-0.2, 0) is 6.42 Å². The van der Waals surface area contributed by atoms with Crippen LogP contribution in [0.3, 0.4) is 0 Å². The summed E-state index contributed by atoms with van der Waals surface area (Å²) in [6.07, 6.45) is 9.55. The van der Waals surface area contributed by atoms with Gasteiger partial charge in [-0.3, -0.25) is 0 Å². The Morgan fingerprint density at radius 1 is 0.967 bits per heavy atom. The van der Waals surface area contributed by atoms with Crippen LogP contribution in [0.25, 0.3) is 5.76 Å². The third kappa shape index (κ3) is 5.87. The number of allylic oxidation sites excluding steroid dienone is 1. The number of likely N-dealkylation sites (tertiary alicyclic amines) is 1. The summed E-state index contributed by atoms with van der Waals surface area (Å²) in [5.74, 6) is 2.71. The molecule has 0 spiro atoms. The van der Waals surface area contributed by atoms with Gasteiger partial charge in [-0.15, -0.1) is 0 Å². The predicted molar refractivity (Wildman–Crippen MR) is 121 cm³/mol. The number of unbranched alkanes of at least 4 members (excludes halogenated alkanes) is 3. The zero-order chi connectivity index (χ0) is 20.6. The Morgan fingerprint density at radius 2 is 1.77 bits per heavy atom. The highest BCUT2D eigenvalue weighted by Gasteiger charge is 2.16. The minimum atomic E-state index is -0.0756. The van der Waals surface area contributed by atoms with Gasteiger partial charge in [0.25, 0.3) is 0 Å². The van der Waals surface area contributed by atoms with E-state index in [2.05, 4.69) is 29.2 Å². The van der Waals surface area contributed by atoms with Crippen molar-refractivity contribution in [2.75, 3.05) is 26.2 Å². The van der Waals surface area contributed by atoms with E-state index in [0.29, 0.717) is 0 Å². The van der Waals surface area contributed by atoms with E-state index in [-0.39, 0.29) is 6.10 Å². The van der Waals surface area contributed by atoms with Crippen LogP contribution in [-0.4, -0.2) is 42.4 Å². The van der Waals surface area contributed by atoms with Crippen molar-refractivity contribution < 1.29 is 14.6 Å². The maximum atomic E-state index is 9.57. The first-order valence-electron chi connectivity index (χ1n) is 11.4. The lowest BCUT2D eigenvalue weighted by molar-refractivity contribution is 0.0817. The molecule has 0 bridgehead atoms. The average Bonchev–Trinajstić information content (AvgIpc) is 2.80. The van der Waals surface area contributed by atoms with Crippen molar-refractivity contribution in [3.8, 4) is 11.5 Å². The molecule has 0 amide bonds. The van der Waals surface area contributed by atoms with Crippen LogP contribution in [0.4, 0.5) is 0 Å². The number of fused-ring (bicyclic) bond motifs is 1. The highest BCUT2D eigenvalue weighted by molar-refractivity contribution is 5.65. The Labute approximate surface area is 180 Å². The summed E-state index contributed by atoms with van der Waals surface area (Å²) in [5.41, 5.74) is 2.31. The van der Waals surface area contributed by atoms with Crippen LogP contribution >= 0.6 is 0 Å². The molecule has 30 heavy (non-hydrogen) atoms. The molecule has 160 valence electrons. The first-order chi connectivity index (χ1) is 14.8. The molecule has 1 saturated heterocycles. The topological polar surface area (TPSA) is 41.9 Å². The normalized spacial score (nSPS) is 17.2. The van der Waals surface area contributed by atoms with Crippen LogP contribution in [0, 0.1) is 0 Å². The molecule has 0 radical (unpaired) electrons. The van der Waals surface area contributed by atoms with E-state index < -0.39 is 0 Å². The summed E-state index contributed by atoms with van der Waals surface area (Å²) in [4.78, 5) is 2.48. The van der Waals surface area contributed by atoms with Gasteiger partial charge in [-0.2, -0.15) is 0 Å². The molecule has 2 aromatic carbocycles. The average molecular weight is 408 g/mol. The quantitative estimate of drug-likeness (QED) is 0.590. The van der Waals surface area contributed by atoms with Crippen LogP contribution in [0.1, 0.15) is 49.7 Å². The number of aliphatic hydroxyl groups is 1. The minimum absolute atomic E-state index is 0.0756. The van der Waals surface area contributed by atoms with Gasteiger partial charge >= 0.3 is 0 Å². The summed E-state index contributed by atoms with van der Waals surface area (Å²) >= 11 is 0. The second kappa shape index (κ2) is 10.6. The fourth-order valence-electron chi connectivity index (χ4n) is 4.15. The second-order valence-electron chi connectivity index (χ2n) is 8.35. The number of piperidine rings is 1. The number of ether oxygens (including phenoxy) is 2. The van der Waals surface area contributed by atoms with E-state index in [9.17, 15) is 5.11 Å². The molecule has 0 atom stereocenters. The van der Waals surface area contributed by atoms with Crippen molar-refractivity contribution in [3.05, 3.63) is 65.7 Å². The molecule has 0 aliphatic carbocycles. The minimum Gasteiger partial charge on any atom is -0.493 e. The standard InChI is InChI=1S/C26H33NO3/c28-23-14-17-27(18-15-23)16-6-1-2-7-19-29-24-12-10-22-11-13-25(30-26(22)20-24)21-8-4-3-5-9-21/h3-5,8-10,12-13,20,23,28H,1-2,6-7,11,14-19H2. The second-order valence-corrected chi connectivity index (χ2v) is 8.35. The molecule has 0 aromatic heterocycles. The Bertz CT molecular complexity index is 825. The number of rotatable bonds is 9. The van der Waals surface area contributed by atoms with E-state index in [1.807, 2.05) is 30.3 Å². The Hall–Kier alpha value is -2.30. The van der Waals surface area contributed by atoms with Gasteiger partial charge in [0, 0.05) is 24.7 Å². The van der Waals surface area contributed by atoms with Gasteiger partial charge in [-0.05, 0) is 56.4 Å². The molecule has 2 aliphatic heterocycles. The van der Waals surface area contributed by atoms with Gasteiger partial charge in [0.05, 0.1) is 12.7 Å². The van der Waals surface area contributed by atoms with Crippen LogP contribution in [0.15, 0.2) is 54.6 Å². The van der Waals surface area contributed by atoms with Crippen LogP contribution in [0.5, 0.6) is 11.5 Å². The van der Waals surface area contributed by atoms with Crippen molar-refractivity contribution >= 4 is 5.76 Å². The maximum absolute atomic E-state index is 9.57. The van der Waals surface area contributed by atoms with Crippen molar-refractivity contribution in [1.82, 2.24) is 4.90 Å². The molecule has 4 heteroatoms. The number of hydrogen-bond acceptors (Lipinski definition) is 4. The molecule has 0 unspecified atom stereocenters. The van der Waals surface area contributed by atoms with E-state index >= 15 is 0 Å². The summed E-state index contributed by atoms with van der Waals surface area (Å²) in [7, 11) is 0. The number of nitrogens with zero attached hydrogens (tertiary/aromatic N) is 1. The molecular weight excluding hydrogens is 374 g/mol. The molecule has 2 aromatic rings. The zero-order valence-corrected chi connectivity index (χ0v) is 17.8. The Morgan fingerprint density at radius 3 is 2.60 bits per heavy atom. The molecule has 4 nitrogen and oxygen atoms in total. The third-order valence-corrected chi connectivity index (χ3v) is 6.02. The maximum Gasteiger partial charge on any atom is 0.134 e. The lowest BCUT2D eigenvalue weighted by Crippen LogP contribution is -2.36. The molecule has 2 heterocycles. The molecule has 1 fully saturated rings. The van der Waals surface area contributed by atoms with E-state index in [1.165, 1.54) is 24.8 Å². The Kier molecular flexibility index (Phi) is 7.44. The molecule has 1 N–H and O–H groups in total. The van der Waals surface area contributed by atoms with Gasteiger partial charge in [-0.1, -0.05) is 49.2 Å². The summed E-state index contributed by atoms with van der Waals surface area (Å²) in [6, 6.07) is 16.4. The van der Waals surface area contributed by atoms with Crippen molar-refractivity contribution in [1.29, 1.82) is 0 Å². The smallest absolute Gasteiger partial charge is 0.134 e. The van der Waals surface area contributed by atoms with E-state index in [0.717, 1.165) is 74.7 Å². The molecule has 2 aliphatic rings. The number of hydrogen-bond donors (Lipinski definition) is 1. The molecule has 0 saturated carbocycles. The molecule has 4 rings (SSSR count). The largest absolute Gasteiger partial charge is 0.493 e. The Balaban J connectivity index is 1.15. The SMILES string of the molecule is OC1CCN(CCCCCCOc2ccc3c(c2)OC(c2ccccc2)=CC3)CC1.